The summed E-state index contributed by atoms with van der Waals surface area (Å²) in [6.07, 6.45) is 8.39. The average Bonchev–Trinajstić information content (AvgIpc) is 2.70. The van der Waals surface area contributed by atoms with Gasteiger partial charge in [-0.3, -0.25) is 4.79 Å². The molecule has 1 heterocycles. The van der Waals surface area contributed by atoms with E-state index in [9.17, 15) is 4.79 Å². The molecule has 0 saturated heterocycles. The smallest absolute Gasteiger partial charge is 0.302 e. The molecular weight excluding hydrogens is 180 g/mol. The van der Waals surface area contributed by atoms with E-state index in [1.807, 2.05) is 0 Å². The van der Waals surface area contributed by atoms with Crippen LogP contribution in [0.15, 0.2) is 18.7 Å². The summed E-state index contributed by atoms with van der Waals surface area (Å²) in [5, 5.41) is 0. The Hall–Kier alpha value is -1.32. The highest BCUT2D eigenvalue weighted by atomic mass is 16.5. The Morgan fingerprint density at radius 3 is 2.64 bits per heavy atom. The van der Waals surface area contributed by atoms with E-state index in [0.29, 0.717) is 6.61 Å². The van der Waals surface area contributed by atoms with Crippen LogP contribution < -0.4 is 0 Å². The van der Waals surface area contributed by atoms with Gasteiger partial charge in [-0.15, -0.1) is 0 Å². The molecule has 1 aromatic heterocycles. The molecule has 0 aliphatic carbocycles. The second kappa shape index (κ2) is 9.77. The maximum Gasteiger partial charge on any atom is 0.302 e. The molecule has 4 heteroatoms. The van der Waals surface area contributed by atoms with E-state index in [4.69, 9.17) is 4.74 Å². The first-order chi connectivity index (χ1) is 6.77. The van der Waals surface area contributed by atoms with E-state index >= 15 is 0 Å². The van der Waals surface area contributed by atoms with Crippen molar-refractivity contribution in [1.29, 1.82) is 0 Å². The van der Waals surface area contributed by atoms with Crippen molar-refractivity contribution in [3.05, 3.63) is 18.7 Å². The first-order valence-electron chi connectivity index (χ1n) is 4.83. The van der Waals surface area contributed by atoms with Crippen LogP contribution >= 0.6 is 0 Å². The van der Waals surface area contributed by atoms with E-state index in [0.717, 1.165) is 12.8 Å². The number of nitrogens with zero attached hydrogens (tertiary/aromatic N) is 1. The van der Waals surface area contributed by atoms with Crippen molar-refractivity contribution in [1.82, 2.24) is 9.97 Å². The van der Waals surface area contributed by atoms with Crippen molar-refractivity contribution in [3.63, 3.8) is 0 Å². The Morgan fingerprint density at radius 2 is 2.29 bits per heavy atom. The van der Waals surface area contributed by atoms with Crippen molar-refractivity contribution >= 4 is 5.97 Å². The highest BCUT2D eigenvalue weighted by Crippen LogP contribution is 1.93. The highest BCUT2D eigenvalue weighted by Gasteiger charge is 1.89. The van der Waals surface area contributed by atoms with E-state index in [1.54, 1.807) is 18.7 Å². The highest BCUT2D eigenvalue weighted by molar-refractivity contribution is 5.65. The number of unbranched alkanes of at least 4 members (excludes halogenated alkanes) is 2. The number of carbonyl (C=O) groups excluding carboxylic acids is 1. The van der Waals surface area contributed by atoms with Crippen molar-refractivity contribution in [3.8, 4) is 0 Å². The van der Waals surface area contributed by atoms with Gasteiger partial charge in [0.1, 0.15) is 0 Å². The van der Waals surface area contributed by atoms with E-state index < -0.39 is 0 Å². The number of ether oxygens (including phenoxy) is 1. The SMILES string of the molecule is CCCCCOC(C)=O.c1c[nH]cn1. The molecule has 0 spiro atoms. The van der Waals surface area contributed by atoms with Crippen LogP contribution in [-0.4, -0.2) is 22.5 Å². The molecule has 1 aromatic rings. The standard InChI is InChI=1S/C7H14O2.C3H4N2/c1-3-4-5-6-9-7(2)8;1-2-5-3-4-1/h3-6H2,1-2H3;1-3H,(H,4,5). The van der Waals surface area contributed by atoms with Gasteiger partial charge in [0.05, 0.1) is 12.9 Å². The van der Waals surface area contributed by atoms with Gasteiger partial charge in [-0.1, -0.05) is 19.8 Å². The summed E-state index contributed by atoms with van der Waals surface area (Å²) in [6.45, 7) is 4.14. The third-order valence-corrected chi connectivity index (χ3v) is 1.46. The Balaban J connectivity index is 0.000000280. The Kier molecular flexibility index (Phi) is 8.84. The monoisotopic (exact) mass is 198 g/mol. The second-order valence-corrected chi connectivity index (χ2v) is 2.81. The molecule has 0 bridgehead atoms. The summed E-state index contributed by atoms with van der Waals surface area (Å²) in [5.74, 6) is -0.175. The van der Waals surface area contributed by atoms with Crippen LogP contribution in [0.2, 0.25) is 0 Å². The normalized spacial score (nSPS) is 8.71. The number of H-pyrrole nitrogens is 1. The first-order valence-corrected chi connectivity index (χ1v) is 4.83. The van der Waals surface area contributed by atoms with Gasteiger partial charge in [0, 0.05) is 19.3 Å². The van der Waals surface area contributed by atoms with Crippen LogP contribution in [0.4, 0.5) is 0 Å². The minimum atomic E-state index is -0.175. The van der Waals surface area contributed by atoms with E-state index in [-0.39, 0.29) is 5.97 Å². The first kappa shape index (κ1) is 12.7. The number of aromatic amines is 1. The fourth-order valence-electron chi connectivity index (χ4n) is 0.783. The lowest BCUT2D eigenvalue weighted by molar-refractivity contribution is -0.141. The van der Waals surface area contributed by atoms with Crippen LogP contribution in [0, 0.1) is 0 Å². The minimum Gasteiger partial charge on any atom is -0.466 e. The molecule has 1 N–H and O–H groups in total. The number of hydrogen-bond donors (Lipinski definition) is 1. The minimum absolute atomic E-state index is 0.175. The van der Waals surface area contributed by atoms with Gasteiger partial charge in [0.25, 0.3) is 0 Å². The number of hydrogen-bond acceptors (Lipinski definition) is 3. The Morgan fingerprint density at radius 1 is 1.50 bits per heavy atom. The fraction of sp³-hybridized carbons (Fsp3) is 0.600. The molecule has 0 unspecified atom stereocenters. The summed E-state index contributed by atoms with van der Waals surface area (Å²) < 4.78 is 4.70. The number of nitrogens with one attached hydrogen (secondary N) is 1. The topological polar surface area (TPSA) is 55.0 Å². The predicted molar refractivity (Wildman–Crippen MR) is 54.7 cm³/mol. The zero-order valence-corrected chi connectivity index (χ0v) is 8.82. The fourth-order valence-corrected chi connectivity index (χ4v) is 0.783. The van der Waals surface area contributed by atoms with Gasteiger partial charge in [-0.2, -0.15) is 0 Å². The van der Waals surface area contributed by atoms with Gasteiger partial charge in [0.2, 0.25) is 0 Å². The molecule has 4 nitrogen and oxygen atoms in total. The summed E-state index contributed by atoms with van der Waals surface area (Å²) in [7, 11) is 0. The molecule has 0 atom stereocenters. The molecule has 1 rings (SSSR count). The van der Waals surface area contributed by atoms with Crippen molar-refractivity contribution in [2.45, 2.75) is 33.1 Å². The quantitative estimate of drug-likeness (QED) is 0.595. The van der Waals surface area contributed by atoms with Gasteiger partial charge >= 0.3 is 5.97 Å². The lowest BCUT2D eigenvalue weighted by Gasteiger charge is -1.98. The second-order valence-electron chi connectivity index (χ2n) is 2.81. The van der Waals surface area contributed by atoms with Crippen molar-refractivity contribution < 1.29 is 9.53 Å². The maximum atomic E-state index is 10.2. The zero-order chi connectivity index (χ0) is 10.6. The Bertz CT molecular complexity index is 193. The Labute approximate surface area is 84.7 Å². The molecular formula is C10H18N2O2. The molecule has 80 valence electrons. The third kappa shape index (κ3) is 10.7. The number of esters is 1. The number of carbonyl (C=O) groups is 1. The largest absolute Gasteiger partial charge is 0.466 e. The van der Waals surface area contributed by atoms with Gasteiger partial charge in [0.15, 0.2) is 0 Å². The van der Waals surface area contributed by atoms with Crippen molar-refractivity contribution in [2.24, 2.45) is 0 Å². The molecule has 0 fully saturated rings. The predicted octanol–water partition coefficient (Wildman–Crippen LogP) is 2.15. The molecule has 0 amide bonds. The number of aromatic nitrogens is 2. The lowest BCUT2D eigenvalue weighted by atomic mass is 10.3. The van der Waals surface area contributed by atoms with Gasteiger partial charge in [-0.25, -0.2) is 4.98 Å². The third-order valence-electron chi connectivity index (χ3n) is 1.46. The van der Waals surface area contributed by atoms with Gasteiger partial charge < -0.3 is 9.72 Å². The average molecular weight is 198 g/mol. The van der Waals surface area contributed by atoms with Crippen LogP contribution in [0.3, 0.4) is 0 Å². The molecule has 0 radical (unpaired) electrons. The van der Waals surface area contributed by atoms with Crippen LogP contribution in [0.25, 0.3) is 0 Å². The number of rotatable bonds is 4. The molecule has 14 heavy (non-hydrogen) atoms. The zero-order valence-electron chi connectivity index (χ0n) is 8.82. The van der Waals surface area contributed by atoms with E-state index in [1.165, 1.54) is 13.3 Å². The summed E-state index contributed by atoms with van der Waals surface area (Å²) >= 11 is 0. The van der Waals surface area contributed by atoms with Gasteiger partial charge in [-0.05, 0) is 6.42 Å². The van der Waals surface area contributed by atoms with Crippen LogP contribution in [0.5, 0.6) is 0 Å². The summed E-state index contributed by atoms with van der Waals surface area (Å²) in [5.41, 5.74) is 0. The molecule has 0 saturated carbocycles. The summed E-state index contributed by atoms with van der Waals surface area (Å²) in [4.78, 5) is 16.6. The maximum absolute atomic E-state index is 10.2. The van der Waals surface area contributed by atoms with Crippen LogP contribution in [0.1, 0.15) is 33.1 Å². The molecule has 0 aliphatic heterocycles. The van der Waals surface area contributed by atoms with Crippen molar-refractivity contribution in [2.75, 3.05) is 6.61 Å². The number of imidazole rings is 1. The molecule has 0 aromatic carbocycles. The molecule has 0 aliphatic rings. The summed E-state index contributed by atoms with van der Waals surface area (Å²) in [6, 6.07) is 0. The van der Waals surface area contributed by atoms with E-state index in [2.05, 4.69) is 16.9 Å². The van der Waals surface area contributed by atoms with Crippen LogP contribution in [-0.2, 0) is 9.53 Å². The lowest BCUT2D eigenvalue weighted by Crippen LogP contribution is -1.99.